The van der Waals surface area contributed by atoms with Gasteiger partial charge in [-0.3, -0.25) is 4.90 Å². The van der Waals surface area contributed by atoms with Crippen LogP contribution >= 0.6 is 0 Å². The van der Waals surface area contributed by atoms with Gasteiger partial charge in [0.05, 0.1) is 0 Å². The fraction of sp³-hybridized carbons (Fsp3) is 0.368. The number of nitrogens with zero attached hydrogens (tertiary/aromatic N) is 1. The first-order valence-corrected chi connectivity index (χ1v) is 7.79. The van der Waals surface area contributed by atoms with E-state index in [9.17, 15) is 4.39 Å². The molecule has 1 saturated carbocycles. The van der Waals surface area contributed by atoms with Crippen molar-refractivity contribution in [1.29, 1.82) is 0 Å². The van der Waals surface area contributed by atoms with Crippen molar-refractivity contribution in [3.05, 3.63) is 71.5 Å². The van der Waals surface area contributed by atoms with E-state index in [1.54, 1.807) is 12.1 Å². The maximum atomic E-state index is 13.1. The summed E-state index contributed by atoms with van der Waals surface area (Å²) in [7, 11) is 0. The second kappa shape index (κ2) is 4.96. The zero-order chi connectivity index (χ0) is 14.3. The number of halogens is 1. The maximum Gasteiger partial charge on any atom is 0.123 e. The van der Waals surface area contributed by atoms with Crippen molar-refractivity contribution >= 4 is 0 Å². The number of rotatable bonds is 3. The van der Waals surface area contributed by atoms with Gasteiger partial charge in [-0.25, -0.2) is 4.39 Å². The Morgan fingerprint density at radius 1 is 1.05 bits per heavy atom. The predicted molar refractivity (Wildman–Crippen MR) is 82.5 cm³/mol. The molecule has 0 N–H and O–H groups in total. The molecule has 0 bridgehead atoms. The third-order valence-electron chi connectivity index (χ3n) is 5.25. The van der Waals surface area contributed by atoms with E-state index in [0.29, 0.717) is 5.41 Å². The number of benzene rings is 2. The van der Waals surface area contributed by atoms with Crippen LogP contribution in [0.15, 0.2) is 54.6 Å². The van der Waals surface area contributed by atoms with Gasteiger partial charge in [-0.1, -0.05) is 42.5 Å². The maximum absolute atomic E-state index is 13.1. The average Bonchev–Trinajstić information content (AvgIpc) is 3.24. The Morgan fingerprint density at radius 3 is 2.52 bits per heavy atom. The molecular formula is C19H20FN. The molecule has 2 heteroatoms. The van der Waals surface area contributed by atoms with Crippen molar-refractivity contribution in [1.82, 2.24) is 4.90 Å². The molecule has 108 valence electrons. The predicted octanol–water partition coefficient (Wildman–Crippen LogP) is 3.99. The van der Waals surface area contributed by atoms with E-state index in [4.69, 9.17) is 0 Å². The van der Waals surface area contributed by atoms with Crippen LogP contribution in [0.4, 0.5) is 4.39 Å². The molecule has 0 amide bonds. The Morgan fingerprint density at radius 2 is 1.81 bits per heavy atom. The largest absolute Gasteiger partial charge is 0.299 e. The van der Waals surface area contributed by atoms with E-state index in [1.165, 1.54) is 30.5 Å². The first-order valence-electron chi connectivity index (χ1n) is 7.79. The Hall–Kier alpha value is -1.67. The molecule has 0 aromatic heterocycles. The van der Waals surface area contributed by atoms with Gasteiger partial charge in [0.2, 0.25) is 0 Å². The van der Waals surface area contributed by atoms with E-state index in [-0.39, 0.29) is 5.82 Å². The molecule has 1 saturated heterocycles. The zero-order valence-electron chi connectivity index (χ0n) is 12.1. The molecule has 0 unspecified atom stereocenters. The lowest BCUT2D eigenvalue weighted by molar-refractivity contribution is 0.199. The number of fused-ring (bicyclic) bond motifs is 1. The molecule has 2 aromatic rings. The minimum atomic E-state index is -0.131. The van der Waals surface area contributed by atoms with Gasteiger partial charge in [0, 0.05) is 18.5 Å². The fourth-order valence-corrected chi connectivity index (χ4v) is 3.95. The highest BCUT2D eigenvalue weighted by Gasteiger charge is 2.57. The summed E-state index contributed by atoms with van der Waals surface area (Å²) in [4.78, 5) is 2.56. The Labute approximate surface area is 125 Å². The minimum Gasteiger partial charge on any atom is -0.299 e. The molecule has 2 aromatic carbocycles. The molecule has 2 fully saturated rings. The van der Waals surface area contributed by atoms with Crippen molar-refractivity contribution in [2.75, 3.05) is 13.1 Å². The third kappa shape index (κ3) is 2.38. The van der Waals surface area contributed by atoms with E-state index in [0.717, 1.165) is 19.0 Å². The lowest BCUT2D eigenvalue weighted by atomic mass is 9.87. The highest BCUT2D eigenvalue weighted by Crippen LogP contribution is 2.59. The molecule has 0 radical (unpaired) electrons. The first-order chi connectivity index (χ1) is 10.3. The van der Waals surface area contributed by atoms with Gasteiger partial charge >= 0.3 is 0 Å². The summed E-state index contributed by atoms with van der Waals surface area (Å²) in [6.07, 6.45) is 2.47. The van der Waals surface area contributed by atoms with Gasteiger partial charge < -0.3 is 0 Å². The Kier molecular flexibility index (Phi) is 3.07. The van der Waals surface area contributed by atoms with Gasteiger partial charge in [-0.15, -0.1) is 0 Å². The summed E-state index contributed by atoms with van der Waals surface area (Å²) >= 11 is 0. The number of hydrogen-bond donors (Lipinski definition) is 0. The lowest BCUT2D eigenvalue weighted by Crippen LogP contribution is -2.35. The van der Waals surface area contributed by atoms with E-state index >= 15 is 0 Å². The summed E-state index contributed by atoms with van der Waals surface area (Å²) in [5.41, 5.74) is 3.08. The summed E-state index contributed by atoms with van der Waals surface area (Å²) in [6.45, 7) is 3.37. The zero-order valence-corrected chi connectivity index (χ0v) is 12.1. The number of piperidine rings is 1. The quantitative estimate of drug-likeness (QED) is 0.822. The molecule has 1 aliphatic heterocycles. The second-order valence-corrected chi connectivity index (χ2v) is 6.53. The van der Waals surface area contributed by atoms with Crippen LogP contribution in [0.3, 0.4) is 0 Å². The van der Waals surface area contributed by atoms with Gasteiger partial charge in [-0.2, -0.15) is 0 Å². The topological polar surface area (TPSA) is 3.24 Å². The summed E-state index contributed by atoms with van der Waals surface area (Å²) in [6, 6.07) is 17.9. The molecule has 2 aliphatic rings. The standard InChI is InChI=1S/C19H20FN/c20-18-8-6-16(7-9-18)19-10-11-21(14-17(19)12-19)13-15-4-2-1-3-5-15/h1-9,17H,10-14H2/t17-,19-/m0/s1. The van der Waals surface area contributed by atoms with Crippen LogP contribution in [-0.2, 0) is 12.0 Å². The van der Waals surface area contributed by atoms with Crippen LogP contribution in [0, 0.1) is 11.7 Å². The minimum absolute atomic E-state index is 0.131. The normalized spacial score (nSPS) is 28.1. The molecule has 0 spiro atoms. The summed E-state index contributed by atoms with van der Waals surface area (Å²) < 4.78 is 13.1. The van der Waals surface area contributed by atoms with Crippen LogP contribution in [0.5, 0.6) is 0 Å². The molecule has 1 nitrogen and oxygen atoms in total. The third-order valence-corrected chi connectivity index (χ3v) is 5.25. The molecule has 21 heavy (non-hydrogen) atoms. The van der Waals surface area contributed by atoms with E-state index in [1.807, 2.05) is 12.1 Å². The van der Waals surface area contributed by atoms with Crippen LogP contribution < -0.4 is 0 Å². The van der Waals surface area contributed by atoms with Gasteiger partial charge in [0.15, 0.2) is 0 Å². The van der Waals surface area contributed by atoms with Gasteiger partial charge in [-0.05, 0) is 48.6 Å². The monoisotopic (exact) mass is 281 g/mol. The first kappa shape index (κ1) is 13.0. The van der Waals surface area contributed by atoms with Crippen LogP contribution in [0.2, 0.25) is 0 Å². The van der Waals surface area contributed by atoms with Crippen molar-refractivity contribution in [3.63, 3.8) is 0 Å². The summed E-state index contributed by atoms with van der Waals surface area (Å²) in [5.74, 6) is 0.620. The molecule has 1 aliphatic carbocycles. The molecule has 2 atom stereocenters. The van der Waals surface area contributed by atoms with Crippen molar-refractivity contribution in [3.8, 4) is 0 Å². The number of hydrogen-bond acceptors (Lipinski definition) is 1. The van der Waals surface area contributed by atoms with Crippen molar-refractivity contribution in [2.45, 2.75) is 24.8 Å². The molecule has 4 rings (SSSR count). The molecular weight excluding hydrogens is 261 g/mol. The lowest BCUT2D eigenvalue weighted by Gasteiger charge is -2.32. The Bertz CT molecular complexity index is 622. The second-order valence-electron chi connectivity index (χ2n) is 6.53. The molecule has 1 heterocycles. The Balaban J connectivity index is 1.44. The average molecular weight is 281 g/mol. The number of likely N-dealkylation sites (tertiary alicyclic amines) is 1. The summed E-state index contributed by atoms with van der Waals surface area (Å²) in [5, 5.41) is 0. The highest BCUT2D eigenvalue weighted by molar-refractivity contribution is 5.35. The van der Waals surface area contributed by atoms with Crippen molar-refractivity contribution in [2.24, 2.45) is 5.92 Å². The van der Waals surface area contributed by atoms with Gasteiger partial charge in [0.1, 0.15) is 5.82 Å². The highest BCUT2D eigenvalue weighted by atomic mass is 19.1. The van der Waals surface area contributed by atoms with Crippen LogP contribution in [0.25, 0.3) is 0 Å². The fourth-order valence-electron chi connectivity index (χ4n) is 3.95. The van der Waals surface area contributed by atoms with Crippen molar-refractivity contribution < 1.29 is 4.39 Å². The smallest absolute Gasteiger partial charge is 0.123 e. The SMILES string of the molecule is Fc1ccc([C@@]23CCN(Cc4ccccc4)C[C@@H]2C3)cc1. The van der Waals surface area contributed by atoms with E-state index < -0.39 is 0 Å². The van der Waals surface area contributed by atoms with Crippen LogP contribution in [-0.4, -0.2) is 18.0 Å². The van der Waals surface area contributed by atoms with Crippen LogP contribution in [0.1, 0.15) is 24.0 Å². The van der Waals surface area contributed by atoms with E-state index in [2.05, 4.69) is 35.2 Å². The van der Waals surface area contributed by atoms with Gasteiger partial charge in [0.25, 0.3) is 0 Å².